The number of carbonyl (C=O) groups excluding carboxylic acids is 1. The summed E-state index contributed by atoms with van der Waals surface area (Å²) in [6.07, 6.45) is 0.394. The van der Waals surface area contributed by atoms with Crippen molar-refractivity contribution in [3.8, 4) is 0 Å². The van der Waals surface area contributed by atoms with E-state index in [1.165, 1.54) is 11.1 Å². The number of anilines is 1. The van der Waals surface area contributed by atoms with Crippen LogP contribution < -0.4 is 10.6 Å². The van der Waals surface area contributed by atoms with Crippen molar-refractivity contribution in [2.75, 3.05) is 5.32 Å². The fourth-order valence-electron chi connectivity index (χ4n) is 2.81. The molecule has 2 N–H and O–H groups in total. The highest BCUT2D eigenvalue weighted by molar-refractivity contribution is 5.78. The smallest absolute Gasteiger partial charge is 0.224 e. The second-order valence-electron chi connectivity index (χ2n) is 6.48. The molecule has 0 saturated heterocycles. The zero-order valence-corrected chi connectivity index (χ0v) is 15.0. The maximum absolute atomic E-state index is 12.1. The minimum atomic E-state index is 0.0384. The van der Waals surface area contributed by atoms with Crippen molar-refractivity contribution in [1.82, 2.24) is 5.32 Å². The van der Waals surface area contributed by atoms with Gasteiger partial charge in [0.1, 0.15) is 0 Å². The van der Waals surface area contributed by atoms with E-state index in [4.69, 9.17) is 0 Å². The van der Waals surface area contributed by atoms with Gasteiger partial charge in [0.05, 0.1) is 6.42 Å². The Balaban J connectivity index is 1.46. The van der Waals surface area contributed by atoms with Crippen molar-refractivity contribution in [3.05, 3.63) is 101 Å². The summed E-state index contributed by atoms with van der Waals surface area (Å²) in [7, 11) is 0. The fraction of sp³-hybridized carbons (Fsp3) is 0.174. The number of aryl methyl sites for hydroxylation is 1. The van der Waals surface area contributed by atoms with E-state index >= 15 is 0 Å². The lowest BCUT2D eigenvalue weighted by molar-refractivity contribution is -0.120. The Kier molecular flexibility index (Phi) is 6.05. The number of carbonyl (C=O) groups is 1. The van der Waals surface area contributed by atoms with Gasteiger partial charge in [-0.3, -0.25) is 4.79 Å². The molecule has 0 aliphatic rings. The van der Waals surface area contributed by atoms with E-state index in [1.54, 1.807) is 0 Å². The van der Waals surface area contributed by atoms with Gasteiger partial charge in [-0.2, -0.15) is 0 Å². The van der Waals surface area contributed by atoms with Crippen molar-refractivity contribution >= 4 is 11.6 Å². The molecule has 3 rings (SSSR count). The van der Waals surface area contributed by atoms with E-state index in [2.05, 4.69) is 41.8 Å². The Morgan fingerprint density at radius 1 is 0.769 bits per heavy atom. The molecule has 0 fully saturated rings. The van der Waals surface area contributed by atoms with Gasteiger partial charge < -0.3 is 10.6 Å². The van der Waals surface area contributed by atoms with E-state index in [1.807, 2.05) is 54.6 Å². The van der Waals surface area contributed by atoms with Crippen LogP contribution in [-0.2, 0) is 24.3 Å². The second kappa shape index (κ2) is 8.86. The van der Waals surface area contributed by atoms with Crippen molar-refractivity contribution < 1.29 is 4.79 Å². The molecule has 0 radical (unpaired) electrons. The lowest BCUT2D eigenvalue weighted by Gasteiger charge is -2.09. The molecule has 3 aromatic carbocycles. The molecule has 132 valence electrons. The quantitative estimate of drug-likeness (QED) is 0.664. The number of hydrogen-bond donors (Lipinski definition) is 2. The van der Waals surface area contributed by atoms with Gasteiger partial charge in [0.25, 0.3) is 0 Å². The summed E-state index contributed by atoms with van der Waals surface area (Å²) < 4.78 is 0. The molecular weight excluding hydrogens is 320 g/mol. The first-order valence-corrected chi connectivity index (χ1v) is 8.88. The molecule has 26 heavy (non-hydrogen) atoms. The predicted molar refractivity (Wildman–Crippen MR) is 107 cm³/mol. The Morgan fingerprint density at radius 3 is 2.23 bits per heavy atom. The number of rotatable bonds is 7. The van der Waals surface area contributed by atoms with Gasteiger partial charge in [0.2, 0.25) is 5.91 Å². The maximum Gasteiger partial charge on any atom is 0.224 e. The van der Waals surface area contributed by atoms with Crippen molar-refractivity contribution in [2.45, 2.75) is 26.4 Å². The van der Waals surface area contributed by atoms with Crippen LogP contribution >= 0.6 is 0 Å². The molecule has 0 spiro atoms. The Bertz CT molecular complexity index is 842. The SMILES string of the molecule is Cc1cccc(CNC(=O)Cc2ccc(NCc3ccccc3)cc2)c1. The van der Waals surface area contributed by atoms with Crippen molar-refractivity contribution in [2.24, 2.45) is 0 Å². The molecule has 3 heteroatoms. The molecule has 0 heterocycles. The van der Waals surface area contributed by atoms with Crippen LogP contribution in [0.3, 0.4) is 0 Å². The van der Waals surface area contributed by atoms with E-state index in [0.29, 0.717) is 13.0 Å². The summed E-state index contributed by atoms with van der Waals surface area (Å²) in [5.41, 5.74) is 5.64. The summed E-state index contributed by atoms with van der Waals surface area (Å²) in [5.74, 6) is 0.0384. The standard InChI is InChI=1S/C23H24N2O/c1-18-6-5-9-21(14-18)17-25-23(26)15-19-10-12-22(13-11-19)24-16-20-7-3-2-4-8-20/h2-14,24H,15-17H2,1H3,(H,25,26). The topological polar surface area (TPSA) is 41.1 Å². The lowest BCUT2D eigenvalue weighted by atomic mass is 10.1. The van der Waals surface area contributed by atoms with Gasteiger partial charge in [-0.25, -0.2) is 0 Å². The minimum Gasteiger partial charge on any atom is -0.381 e. The molecule has 0 aliphatic carbocycles. The molecule has 1 amide bonds. The van der Waals surface area contributed by atoms with E-state index in [-0.39, 0.29) is 5.91 Å². The summed E-state index contributed by atoms with van der Waals surface area (Å²) in [4.78, 5) is 12.1. The molecule has 3 aromatic rings. The van der Waals surface area contributed by atoms with E-state index in [0.717, 1.165) is 23.4 Å². The molecule has 0 atom stereocenters. The highest BCUT2D eigenvalue weighted by Crippen LogP contribution is 2.12. The van der Waals surface area contributed by atoms with Crippen LogP contribution in [0.15, 0.2) is 78.9 Å². The van der Waals surface area contributed by atoms with Gasteiger partial charge in [0.15, 0.2) is 0 Å². The molecule has 0 unspecified atom stereocenters. The van der Waals surface area contributed by atoms with Crippen LogP contribution in [0.4, 0.5) is 5.69 Å². The second-order valence-corrected chi connectivity index (χ2v) is 6.48. The number of nitrogens with one attached hydrogen (secondary N) is 2. The van der Waals surface area contributed by atoms with Gasteiger partial charge in [-0.1, -0.05) is 72.3 Å². The number of benzene rings is 3. The third-order valence-corrected chi connectivity index (χ3v) is 4.23. The van der Waals surface area contributed by atoms with Crippen molar-refractivity contribution in [3.63, 3.8) is 0 Å². The number of amides is 1. The maximum atomic E-state index is 12.1. The van der Waals surface area contributed by atoms with Crippen LogP contribution in [-0.4, -0.2) is 5.91 Å². The molecule has 0 aromatic heterocycles. The van der Waals surface area contributed by atoms with E-state index < -0.39 is 0 Å². The van der Waals surface area contributed by atoms with Crippen LogP contribution in [0, 0.1) is 6.92 Å². The normalized spacial score (nSPS) is 10.3. The van der Waals surface area contributed by atoms with Gasteiger partial charge in [0, 0.05) is 18.8 Å². The first-order valence-electron chi connectivity index (χ1n) is 8.88. The molecule has 3 nitrogen and oxygen atoms in total. The molecule has 0 aliphatic heterocycles. The Hall–Kier alpha value is -3.07. The van der Waals surface area contributed by atoms with Gasteiger partial charge >= 0.3 is 0 Å². The molecular formula is C23H24N2O. The monoisotopic (exact) mass is 344 g/mol. The van der Waals surface area contributed by atoms with Crippen LogP contribution in [0.5, 0.6) is 0 Å². The first kappa shape index (κ1) is 17.7. The van der Waals surface area contributed by atoms with Crippen molar-refractivity contribution in [1.29, 1.82) is 0 Å². The highest BCUT2D eigenvalue weighted by Gasteiger charge is 2.04. The summed E-state index contributed by atoms with van der Waals surface area (Å²) >= 11 is 0. The third kappa shape index (κ3) is 5.49. The Labute approximate surface area is 155 Å². The fourth-order valence-corrected chi connectivity index (χ4v) is 2.81. The Morgan fingerprint density at radius 2 is 1.50 bits per heavy atom. The van der Waals surface area contributed by atoms with Crippen LogP contribution in [0.1, 0.15) is 22.3 Å². The molecule has 0 saturated carbocycles. The minimum absolute atomic E-state index is 0.0384. The van der Waals surface area contributed by atoms with Crippen LogP contribution in [0.25, 0.3) is 0 Å². The van der Waals surface area contributed by atoms with E-state index in [9.17, 15) is 4.79 Å². The summed E-state index contributed by atoms with van der Waals surface area (Å²) in [5, 5.41) is 6.37. The number of hydrogen-bond acceptors (Lipinski definition) is 2. The average Bonchev–Trinajstić information content (AvgIpc) is 2.67. The highest BCUT2D eigenvalue weighted by atomic mass is 16.1. The summed E-state index contributed by atoms with van der Waals surface area (Å²) in [6.45, 7) is 3.41. The third-order valence-electron chi connectivity index (χ3n) is 4.23. The predicted octanol–water partition coefficient (Wildman–Crippen LogP) is 4.47. The van der Waals surface area contributed by atoms with Crippen LogP contribution in [0.2, 0.25) is 0 Å². The largest absolute Gasteiger partial charge is 0.381 e. The lowest BCUT2D eigenvalue weighted by Crippen LogP contribution is -2.24. The zero-order chi connectivity index (χ0) is 18.2. The molecule has 0 bridgehead atoms. The average molecular weight is 344 g/mol. The van der Waals surface area contributed by atoms with Gasteiger partial charge in [-0.05, 0) is 35.7 Å². The summed E-state index contributed by atoms with van der Waals surface area (Å²) in [6, 6.07) is 26.5. The zero-order valence-electron chi connectivity index (χ0n) is 15.0. The van der Waals surface area contributed by atoms with Gasteiger partial charge in [-0.15, -0.1) is 0 Å². The first-order chi connectivity index (χ1) is 12.7.